The summed E-state index contributed by atoms with van der Waals surface area (Å²) >= 11 is 0. The van der Waals surface area contributed by atoms with E-state index in [4.69, 9.17) is 0 Å². The fraction of sp³-hybridized carbons (Fsp3) is 0.857. The number of rotatable bonds is 5. The number of carboxylic acids is 1. The Kier molecular flexibility index (Phi) is 6.12. The van der Waals surface area contributed by atoms with E-state index >= 15 is 0 Å². The Labute approximate surface area is 115 Å². The quantitative estimate of drug-likeness (QED) is 0.754. The molecule has 5 nitrogen and oxygen atoms in total. The molecular weight excluding hydrogens is 244 g/mol. The van der Waals surface area contributed by atoms with Gasteiger partial charge in [-0.15, -0.1) is 0 Å². The van der Waals surface area contributed by atoms with Crippen LogP contribution in [0.4, 0.5) is 4.79 Å². The van der Waals surface area contributed by atoms with Gasteiger partial charge in [0.2, 0.25) is 0 Å². The molecule has 1 fully saturated rings. The van der Waals surface area contributed by atoms with Crippen molar-refractivity contribution < 1.29 is 14.7 Å². The molecule has 0 radical (unpaired) electrons. The Bertz CT molecular complexity index is 310. The lowest BCUT2D eigenvalue weighted by atomic mass is 9.80. The van der Waals surface area contributed by atoms with E-state index in [1.165, 1.54) is 0 Å². The van der Waals surface area contributed by atoms with Gasteiger partial charge in [-0.1, -0.05) is 32.6 Å². The number of aliphatic carboxylic acids is 1. The van der Waals surface area contributed by atoms with Crippen LogP contribution in [0.15, 0.2) is 0 Å². The number of carboxylic acid groups (broad SMARTS) is 1. The summed E-state index contributed by atoms with van der Waals surface area (Å²) in [6.07, 6.45) is 6.30. The summed E-state index contributed by atoms with van der Waals surface area (Å²) in [5.41, 5.74) is -0.765. The van der Waals surface area contributed by atoms with Crippen LogP contribution in [0.3, 0.4) is 0 Å². The average Bonchev–Trinajstić information content (AvgIpc) is 2.62. The Morgan fingerprint density at radius 1 is 1.21 bits per heavy atom. The van der Waals surface area contributed by atoms with Crippen LogP contribution in [0.5, 0.6) is 0 Å². The molecule has 110 valence electrons. The molecule has 1 aliphatic carbocycles. The first-order valence-corrected chi connectivity index (χ1v) is 7.24. The van der Waals surface area contributed by atoms with E-state index in [1.54, 1.807) is 11.9 Å². The van der Waals surface area contributed by atoms with E-state index in [-0.39, 0.29) is 12.6 Å². The van der Waals surface area contributed by atoms with Gasteiger partial charge < -0.3 is 15.3 Å². The van der Waals surface area contributed by atoms with Crippen molar-refractivity contribution in [1.82, 2.24) is 10.2 Å². The largest absolute Gasteiger partial charge is 0.481 e. The highest BCUT2D eigenvalue weighted by Crippen LogP contribution is 2.34. The second-order valence-corrected chi connectivity index (χ2v) is 5.58. The Morgan fingerprint density at radius 3 is 2.26 bits per heavy atom. The van der Waals surface area contributed by atoms with Crippen molar-refractivity contribution in [2.75, 3.05) is 20.1 Å². The molecule has 5 heteroatoms. The van der Waals surface area contributed by atoms with Crippen LogP contribution < -0.4 is 5.32 Å². The third kappa shape index (κ3) is 4.40. The van der Waals surface area contributed by atoms with Gasteiger partial charge in [0.15, 0.2) is 0 Å². The van der Waals surface area contributed by atoms with Crippen molar-refractivity contribution >= 4 is 12.0 Å². The van der Waals surface area contributed by atoms with E-state index in [0.29, 0.717) is 19.4 Å². The molecule has 0 saturated heterocycles. The van der Waals surface area contributed by atoms with E-state index in [1.807, 2.05) is 6.92 Å². The number of carbonyl (C=O) groups is 2. The maximum absolute atomic E-state index is 11.8. The third-order valence-electron chi connectivity index (χ3n) is 4.00. The van der Waals surface area contributed by atoms with Gasteiger partial charge in [0, 0.05) is 20.1 Å². The minimum atomic E-state index is -0.771. The Hall–Kier alpha value is -1.26. The maximum Gasteiger partial charge on any atom is 0.317 e. The highest BCUT2D eigenvalue weighted by molar-refractivity contribution is 5.78. The molecule has 2 amide bonds. The summed E-state index contributed by atoms with van der Waals surface area (Å²) in [5, 5.41) is 12.3. The van der Waals surface area contributed by atoms with Gasteiger partial charge in [-0.2, -0.15) is 0 Å². The number of nitrogens with one attached hydrogen (secondary N) is 1. The molecule has 2 N–H and O–H groups in total. The van der Waals surface area contributed by atoms with Gasteiger partial charge in [-0.05, 0) is 19.3 Å². The highest BCUT2D eigenvalue weighted by Gasteiger charge is 2.39. The van der Waals surface area contributed by atoms with Crippen LogP contribution in [0.1, 0.15) is 51.9 Å². The van der Waals surface area contributed by atoms with E-state index in [0.717, 1.165) is 32.1 Å². The van der Waals surface area contributed by atoms with Gasteiger partial charge in [0.05, 0.1) is 5.41 Å². The molecule has 0 atom stereocenters. The maximum atomic E-state index is 11.8. The predicted octanol–water partition coefficient (Wildman–Crippen LogP) is 2.46. The summed E-state index contributed by atoms with van der Waals surface area (Å²) < 4.78 is 0. The zero-order chi connectivity index (χ0) is 14.3. The molecular formula is C14H26N2O3. The zero-order valence-corrected chi connectivity index (χ0v) is 12.1. The molecule has 0 bridgehead atoms. The lowest BCUT2D eigenvalue weighted by Gasteiger charge is -2.29. The summed E-state index contributed by atoms with van der Waals surface area (Å²) in [6, 6.07) is -0.174. The second-order valence-electron chi connectivity index (χ2n) is 5.58. The van der Waals surface area contributed by atoms with Crippen molar-refractivity contribution in [2.24, 2.45) is 5.41 Å². The fourth-order valence-corrected chi connectivity index (χ4v) is 2.69. The fourth-order valence-electron chi connectivity index (χ4n) is 2.69. The first-order chi connectivity index (χ1) is 9.02. The normalized spacial score (nSPS) is 18.4. The smallest absolute Gasteiger partial charge is 0.317 e. The van der Waals surface area contributed by atoms with Gasteiger partial charge in [-0.3, -0.25) is 4.79 Å². The standard InChI is InChI=1S/C14H26N2O3/c1-3-10-16(2)13(19)15-11-14(12(17)18)8-6-4-5-7-9-14/h3-11H2,1-2H3,(H,15,19)(H,17,18). The van der Waals surface area contributed by atoms with Crippen molar-refractivity contribution in [2.45, 2.75) is 51.9 Å². The third-order valence-corrected chi connectivity index (χ3v) is 4.00. The molecule has 1 saturated carbocycles. The average molecular weight is 270 g/mol. The summed E-state index contributed by atoms with van der Waals surface area (Å²) in [4.78, 5) is 25.0. The first kappa shape index (κ1) is 15.8. The molecule has 1 rings (SSSR count). The molecule has 1 aliphatic rings. The number of urea groups is 1. The van der Waals surface area contributed by atoms with Gasteiger partial charge in [-0.25, -0.2) is 4.79 Å². The molecule has 0 aromatic rings. The minimum absolute atomic E-state index is 0.174. The number of carbonyl (C=O) groups excluding carboxylic acids is 1. The lowest BCUT2D eigenvalue weighted by Crippen LogP contribution is -2.46. The van der Waals surface area contributed by atoms with Crippen LogP contribution in [-0.4, -0.2) is 42.1 Å². The molecule has 0 spiro atoms. The molecule has 0 heterocycles. The molecule has 0 aliphatic heterocycles. The van der Waals surface area contributed by atoms with Crippen LogP contribution >= 0.6 is 0 Å². The van der Waals surface area contributed by atoms with Crippen LogP contribution in [0, 0.1) is 5.41 Å². The summed E-state index contributed by atoms with van der Waals surface area (Å²) in [6.45, 7) is 2.94. The zero-order valence-electron chi connectivity index (χ0n) is 12.1. The van der Waals surface area contributed by atoms with Gasteiger partial charge in [0.25, 0.3) is 0 Å². The SMILES string of the molecule is CCCN(C)C(=O)NCC1(C(=O)O)CCCCCC1. The number of nitrogens with zero attached hydrogens (tertiary/aromatic N) is 1. The van der Waals surface area contributed by atoms with Crippen molar-refractivity contribution in [1.29, 1.82) is 0 Å². The Morgan fingerprint density at radius 2 is 1.79 bits per heavy atom. The van der Waals surface area contributed by atoms with E-state index in [9.17, 15) is 14.7 Å². The molecule has 0 unspecified atom stereocenters. The van der Waals surface area contributed by atoms with Crippen molar-refractivity contribution in [3.8, 4) is 0 Å². The highest BCUT2D eigenvalue weighted by atomic mass is 16.4. The van der Waals surface area contributed by atoms with E-state index in [2.05, 4.69) is 5.32 Å². The number of hydrogen-bond donors (Lipinski definition) is 2. The molecule has 19 heavy (non-hydrogen) atoms. The van der Waals surface area contributed by atoms with Crippen molar-refractivity contribution in [3.63, 3.8) is 0 Å². The molecule has 0 aromatic carbocycles. The Balaban J connectivity index is 2.58. The first-order valence-electron chi connectivity index (χ1n) is 7.24. The topological polar surface area (TPSA) is 69.6 Å². The number of amides is 2. The second kappa shape index (κ2) is 7.36. The van der Waals surface area contributed by atoms with E-state index < -0.39 is 11.4 Å². The van der Waals surface area contributed by atoms with Crippen LogP contribution in [0.2, 0.25) is 0 Å². The lowest BCUT2D eigenvalue weighted by molar-refractivity contribution is -0.149. The van der Waals surface area contributed by atoms with Gasteiger partial charge in [0.1, 0.15) is 0 Å². The minimum Gasteiger partial charge on any atom is -0.481 e. The van der Waals surface area contributed by atoms with Gasteiger partial charge >= 0.3 is 12.0 Å². The number of hydrogen-bond acceptors (Lipinski definition) is 2. The predicted molar refractivity (Wildman–Crippen MR) is 74.1 cm³/mol. The monoisotopic (exact) mass is 270 g/mol. The van der Waals surface area contributed by atoms with Crippen molar-refractivity contribution in [3.05, 3.63) is 0 Å². The van der Waals surface area contributed by atoms with Crippen LogP contribution in [0.25, 0.3) is 0 Å². The summed E-state index contributed by atoms with van der Waals surface area (Å²) in [7, 11) is 1.74. The van der Waals surface area contributed by atoms with Crippen LogP contribution in [-0.2, 0) is 4.79 Å². The summed E-state index contributed by atoms with van der Waals surface area (Å²) in [5.74, 6) is -0.771. The molecule has 0 aromatic heterocycles.